The van der Waals surface area contributed by atoms with Crippen molar-refractivity contribution >= 4 is 17.4 Å². The lowest BCUT2D eigenvalue weighted by Gasteiger charge is -2.09. The van der Waals surface area contributed by atoms with Crippen LogP contribution >= 0.6 is 11.8 Å². The van der Waals surface area contributed by atoms with Gasteiger partial charge in [-0.3, -0.25) is 0 Å². The van der Waals surface area contributed by atoms with Crippen molar-refractivity contribution in [2.24, 2.45) is 0 Å². The van der Waals surface area contributed by atoms with E-state index >= 15 is 0 Å². The second kappa shape index (κ2) is 4.26. The topological polar surface area (TPSA) is 26.0 Å². The molecule has 0 amide bonds. The molecule has 0 heterocycles. The normalized spacial score (nSPS) is 17.5. The summed E-state index contributed by atoms with van der Waals surface area (Å²) in [5, 5.41) is 0.845. The zero-order chi connectivity index (χ0) is 9.97. The van der Waals surface area contributed by atoms with Crippen molar-refractivity contribution < 1.29 is 0 Å². The van der Waals surface area contributed by atoms with E-state index in [9.17, 15) is 0 Å². The van der Waals surface area contributed by atoms with Crippen LogP contribution in [0.25, 0.3) is 0 Å². The summed E-state index contributed by atoms with van der Waals surface area (Å²) in [6.45, 7) is 2.08. The van der Waals surface area contributed by atoms with Crippen LogP contribution in [-0.2, 0) is 0 Å². The fraction of sp³-hybridized carbons (Fsp3) is 0.500. The molecular formula is C12H17NS. The largest absolute Gasteiger partial charge is 0.399 e. The average Bonchev–Trinajstić information content (AvgIpc) is 2.64. The van der Waals surface area contributed by atoms with E-state index in [1.54, 1.807) is 0 Å². The van der Waals surface area contributed by atoms with E-state index in [1.165, 1.54) is 36.1 Å². The highest BCUT2D eigenvalue weighted by molar-refractivity contribution is 8.00. The zero-order valence-corrected chi connectivity index (χ0v) is 9.44. The van der Waals surface area contributed by atoms with Crippen molar-refractivity contribution in [2.75, 3.05) is 5.73 Å². The quantitative estimate of drug-likeness (QED) is 0.750. The molecule has 1 aromatic rings. The Morgan fingerprint density at radius 2 is 2.00 bits per heavy atom. The molecule has 0 atom stereocenters. The third kappa shape index (κ3) is 2.24. The molecule has 2 rings (SSSR count). The Balaban J connectivity index is 2.05. The van der Waals surface area contributed by atoms with Crippen molar-refractivity contribution in [3.8, 4) is 0 Å². The first-order valence-corrected chi connectivity index (χ1v) is 6.16. The van der Waals surface area contributed by atoms with Crippen LogP contribution in [0.3, 0.4) is 0 Å². The van der Waals surface area contributed by atoms with Gasteiger partial charge in [-0.15, -0.1) is 11.8 Å². The number of hydrogen-bond donors (Lipinski definition) is 1. The van der Waals surface area contributed by atoms with Crippen LogP contribution in [-0.4, -0.2) is 5.25 Å². The molecule has 0 radical (unpaired) electrons. The van der Waals surface area contributed by atoms with Crippen molar-refractivity contribution in [1.82, 2.24) is 0 Å². The number of nitrogens with two attached hydrogens (primary N) is 1. The summed E-state index contributed by atoms with van der Waals surface area (Å²) in [6, 6.07) is 6.37. The van der Waals surface area contributed by atoms with Gasteiger partial charge < -0.3 is 5.73 Å². The molecule has 0 aromatic heterocycles. The first kappa shape index (κ1) is 9.91. The van der Waals surface area contributed by atoms with E-state index < -0.39 is 0 Å². The Bertz CT molecular complexity index is 316. The Kier molecular flexibility index (Phi) is 3.02. The lowest BCUT2D eigenvalue weighted by molar-refractivity contribution is 0.886. The molecule has 0 aliphatic heterocycles. The molecule has 1 saturated carbocycles. The second-order valence-electron chi connectivity index (χ2n) is 4.04. The molecule has 0 saturated heterocycles. The molecule has 0 spiro atoms. The second-order valence-corrected chi connectivity index (χ2v) is 5.42. The summed E-state index contributed by atoms with van der Waals surface area (Å²) in [5.74, 6) is 0. The number of benzene rings is 1. The molecule has 1 fully saturated rings. The van der Waals surface area contributed by atoms with Gasteiger partial charge in [-0.1, -0.05) is 12.8 Å². The summed E-state index contributed by atoms with van der Waals surface area (Å²) in [6.07, 6.45) is 5.58. The van der Waals surface area contributed by atoms with Crippen molar-refractivity contribution in [2.45, 2.75) is 42.8 Å². The Labute approximate surface area is 90.1 Å². The predicted octanol–water partition coefficient (Wildman–Crippen LogP) is 3.61. The molecule has 1 nitrogen and oxygen atoms in total. The minimum Gasteiger partial charge on any atom is -0.399 e. The summed E-state index contributed by atoms with van der Waals surface area (Å²) in [7, 11) is 0. The van der Waals surface area contributed by atoms with Gasteiger partial charge in [-0.25, -0.2) is 0 Å². The van der Waals surface area contributed by atoms with E-state index in [1.807, 2.05) is 17.8 Å². The fourth-order valence-corrected chi connectivity index (χ4v) is 3.27. The number of nitrogen functional groups attached to an aromatic ring is 1. The van der Waals surface area contributed by atoms with Gasteiger partial charge in [0, 0.05) is 15.8 Å². The van der Waals surface area contributed by atoms with Crippen molar-refractivity contribution in [3.63, 3.8) is 0 Å². The molecule has 2 N–H and O–H groups in total. The van der Waals surface area contributed by atoms with Gasteiger partial charge in [-0.2, -0.15) is 0 Å². The number of rotatable bonds is 2. The fourth-order valence-electron chi connectivity index (χ4n) is 1.92. The summed E-state index contributed by atoms with van der Waals surface area (Å²) < 4.78 is 0. The number of thioether (sulfide) groups is 1. The lowest BCUT2D eigenvalue weighted by atomic mass is 10.2. The molecule has 1 aliphatic carbocycles. The lowest BCUT2D eigenvalue weighted by Crippen LogP contribution is -1.94. The summed E-state index contributed by atoms with van der Waals surface area (Å²) in [4.78, 5) is 1.38. The molecule has 14 heavy (non-hydrogen) atoms. The van der Waals surface area contributed by atoms with Crippen LogP contribution in [0.15, 0.2) is 23.1 Å². The van der Waals surface area contributed by atoms with Gasteiger partial charge in [0.05, 0.1) is 0 Å². The Morgan fingerprint density at radius 1 is 1.29 bits per heavy atom. The van der Waals surface area contributed by atoms with Crippen LogP contribution < -0.4 is 5.73 Å². The smallest absolute Gasteiger partial charge is 0.0344 e. The molecular weight excluding hydrogens is 190 g/mol. The third-order valence-corrected chi connectivity index (χ3v) is 4.18. The van der Waals surface area contributed by atoms with Gasteiger partial charge in [0.1, 0.15) is 0 Å². The van der Waals surface area contributed by atoms with Crippen LogP contribution in [0.4, 0.5) is 5.69 Å². The van der Waals surface area contributed by atoms with Gasteiger partial charge in [0.15, 0.2) is 0 Å². The van der Waals surface area contributed by atoms with E-state index in [-0.39, 0.29) is 0 Å². The van der Waals surface area contributed by atoms with Gasteiger partial charge in [0.25, 0.3) is 0 Å². The van der Waals surface area contributed by atoms with E-state index in [0.717, 1.165) is 10.9 Å². The highest BCUT2D eigenvalue weighted by Gasteiger charge is 2.15. The van der Waals surface area contributed by atoms with Crippen LogP contribution in [0, 0.1) is 6.92 Å². The number of hydrogen-bond acceptors (Lipinski definition) is 2. The van der Waals surface area contributed by atoms with E-state index in [0.29, 0.717) is 0 Å². The molecule has 2 heteroatoms. The number of anilines is 1. The van der Waals surface area contributed by atoms with Gasteiger partial charge in [0.2, 0.25) is 0 Å². The monoisotopic (exact) mass is 207 g/mol. The summed E-state index contributed by atoms with van der Waals surface area (Å²) >= 11 is 2.02. The minimum absolute atomic E-state index is 0.845. The molecule has 0 unspecified atom stereocenters. The maximum absolute atomic E-state index is 5.79. The maximum atomic E-state index is 5.79. The van der Waals surface area contributed by atoms with Crippen molar-refractivity contribution in [3.05, 3.63) is 23.8 Å². The Morgan fingerprint density at radius 3 is 2.64 bits per heavy atom. The Hall–Kier alpha value is -0.630. The highest BCUT2D eigenvalue weighted by atomic mass is 32.2. The van der Waals surface area contributed by atoms with Gasteiger partial charge in [-0.05, 0) is 43.5 Å². The van der Waals surface area contributed by atoms with Crippen LogP contribution in [0.1, 0.15) is 31.2 Å². The third-order valence-electron chi connectivity index (χ3n) is 2.85. The van der Waals surface area contributed by atoms with E-state index in [2.05, 4.69) is 19.1 Å². The molecule has 0 bridgehead atoms. The zero-order valence-electron chi connectivity index (χ0n) is 8.62. The molecule has 76 valence electrons. The first-order valence-electron chi connectivity index (χ1n) is 5.28. The minimum atomic E-state index is 0.845. The van der Waals surface area contributed by atoms with Gasteiger partial charge >= 0.3 is 0 Å². The molecule has 1 aliphatic rings. The summed E-state index contributed by atoms with van der Waals surface area (Å²) in [5.41, 5.74) is 7.89. The first-order chi connectivity index (χ1) is 6.75. The predicted molar refractivity (Wildman–Crippen MR) is 63.7 cm³/mol. The van der Waals surface area contributed by atoms with E-state index in [4.69, 9.17) is 5.73 Å². The van der Waals surface area contributed by atoms with Crippen molar-refractivity contribution in [1.29, 1.82) is 0 Å². The maximum Gasteiger partial charge on any atom is 0.0344 e. The average molecular weight is 207 g/mol. The standard InChI is InChI=1S/C12H17NS/c1-9-8-11(6-7-12(9)13)14-10-4-2-3-5-10/h6-8,10H,2-5,13H2,1H3. The molecule has 1 aromatic carbocycles. The SMILES string of the molecule is Cc1cc(SC2CCCC2)ccc1N. The van der Waals surface area contributed by atoms with Crippen LogP contribution in [0.5, 0.6) is 0 Å². The van der Waals surface area contributed by atoms with Crippen LogP contribution in [0.2, 0.25) is 0 Å². The number of aryl methyl sites for hydroxylation is 1. The highest BCUT2D eigenvalue weighted by Crippen LogP contribution is 2.35.